The van der Waals surface area contributed by atoms with Gasteiger partial charge in [0.15, 0.2) is 0 Å². The van der Waals surface area contributed by atoms with Crippen LogP contribution in [0.4, 0.5) is 11.5 Å². The summed E-state index contributed by atoms with van der Waals surface area (Å²) < 4.78 is 0. The van der Waals surface area contributed by atoms with Crippen molar-refractivity contribution in [2.24, 2.45) is 0 Å². The number of benzene rings is 1. The molecule has 33 heavy (non-hydrogen) atoms. The molecule has 1 aliphatic heterocycles. The van der Waals surface area contributed by atoms with E-state index in [2.05, 4.69) is 55.3 Å². The first kappa shape index (κ1) is 24.4. The van der Waals surface area contributed by atoms with E-state index >= 15 is 0 Å². The Morgan fingerprint density at radius 1 is 1.03 bits per heavy atom. The highest BCUT2D eigenvalue weighted by atomic mass is 16.2. The molecule has 3 heterocycles. The number of amides is 1. The fraction of sp³-hybridized carbons (Fsp3) is 0.393. The minimum absolute atomic E-state index is 0. The quantitative estimate of drug-likeness (QED) is 0.544. The zero-order valence-corrected chi connectivity index (χ0v) is 19.6. The molecule has 0 saturated carbocycles. The minimum Gasteiger partial charge on any atom is -0.380 e. The monoisotopic (exact) mass is 444 g/mol. The predicted molar refractivity (Wildman–Crippen MR) is 137 cm³/mol. The topological polar surface area (TPSA) is 58.1 Å². The number of nitrogens with one attached hydrogen (secondary N) is 1. The number of carbonyl (C=O) groups is 1. The minimum atomic E-state index is -0.593. The van der Waals surface area contributed by atoms with Gasteiger partial charge in [-0.3, -0.25) is 14.7 Å². The van der Waals surface area contributed by atoms with Gasteiger partial charge in [0.1, 0.15) is 5.82 Å². The molecule has 0 bridgehead atoms. The number of nitrogens with zero attached hydrogens (tertiary/aromatic N) is 3. The molecule has 3 aromatic rings. The molecule has 2 aliphatic rings. The lowest BCUT2D eigenvalue weighted by atomic mass is 9.79. The third-order valence-corrected chi connectivity index (χ3v) is 6.16. The van der Waals surface area contributed by atoms with Crippen molar-refractivity contribution < 1.29 is 4.79 Å². The van der Waals surface area contributed by atoms with Gasteiger partial charge in [-0.1, -0.05) is 57.7 Å². The van der Waals surface area contributed by atoms with Gasteiger partial charge in [-0.05, 0) is 50.5 Å². The van der Waals surface area contributed by atoms with Gasteiger partial charge >= 0.3 is 0 Å². The van der Waals surface area contributed by atoms with Crippen LogP contribution in [0.15, 0.2) is 60.9 Å². The Bertz CT molecular complexity index is 1120. The van der Waals surface area contributed by atoms with Crippen molar-refractivity contribution in [3.63, 3.8) is 0 Å². The summed E-state index contributed by atoms with van der Waals surface area (Å²) in [6.07, 6.45) is 4.95. The van der Waals surface area contributed by atoms with Gasteiger partial charge in [0.05, 0.1) is 17.3 Å². The summed E-state index contributed by atoms with van der Waals surface area (Å²) >= 11 is 0. The van der Waals surface area contributed by atoms with E-state index in [-0.39, 0.29) is 18.9 Å². The highest BCUT2D eigenvalue weighted by molar-refractivity contribution is 6.09. The number of hydrogen-bond donors (Lipinski definition) is 1. The molecule has 1 N–H and O–H groups in total. The first-order valence-corrected chi connectivity index (χ1v) is 11.4. The molecule has 5 nitrogen and oxygen atoms in total. The zero-order valence-electron chi connectivity index (χ0n) is 19.6. The summed E-state index contributed by atoms with van der Waals surface area (Å²) in [5.41, 5.74) is 4.48. The van der Waals surface area contributed by atoms with E-state index in [1.165, 1.54) is 5.56 Å². The van der Waals surface area contributed by atoms with Crippen LogP contribution in [0.1, 0.15) is 64.4 Å². The summed E-state index contributed by atoms with van der Waals surface area (Å²) in [7, 11) is 0. The molecule has 5 rings (SSSR count). The van der Waals surface area contributed by atoms with Crippen molar-refractivity contribution in [1.82, 2.24) is 9.97 Å². The van der Waals surface area contributed by atoms with E-state index in [4.69, 9.17) is 4.98 Å². The molecule has 174 valence electrons. The summed E-state index contributed by atoms with van der Waals surface area (Å²) in [5.74, 6) is 0.936. The maximum atomic E-state index is 13.7. The van der Waals surface area contributed by atoms with Crippen LogP contribution in [-0.2, 0) is 29.6 Å². The number of rotatable bonds is 3. The van der Waals surface area contributed by atoms with Gasteiger partial charge in [-0.25, -0.2) is 4.98 Å². The molecule has 0 radical (unpaired) electrons. The Kier molecular flexibility index (Phi) is 6.92. The fourth-order valence-corrected chi connectivity index (χ4v) is 4.76. The van der Waals surface area contributed by atoms with Gasteiger partial charge in [-0.15, -0.1) is 0 Å². The predicted octanol–water partition coefficient (Wildman–Crippen LogP) is 5.93. The summed E-state index contributed by atoms with van der Waals surface area (Å²) in [6, 6.07) is 16.5. The third kappa shape index (κ3) is 4.24. The van der Waals surface area contributed by atoms with E-state index in [1.54, 1.807) is 6.20 Å². The smallest absolute Gasteiger partial charge is 0.240 e. The van der Waals surface area contributed by atoms with Gasteiger partial charge < -0.3 is 5.32 Å². The van der Waals surface area contributed by atoms with Crippen LogP contribution in [0.3, 0.4) is 0 Å². The van der Waals surface area contributed by atoms with Crippen molar-refractivity contribution in [1.29, 1.82) is 0 Å². The van der Waals surface area contributed by atoms with Crippen LogP contribution in [0.25, 0.3) is 0 Å². The van der Waals surface area contributed by atoms with Gasteiger partial charge in [0.2, 0.25) is 5.91 Å². The molecule has 1 spiro atoms. The molecule has 0 fully saturated rings. The summed E-state index contributed by atoms with van der Waals surface area (Å²) in [4.78, 5) is 24.9. The first-order valence-electron chi connectivity index (χ1n) is 11.4. The molecule has 1 unspecified atom stereocenters. The lowest BCUT2D eigenvalue weighted by Gasteiger charge is -2.33. The largest absolute Gasteiger partial charge is 0.380 e. The van der Waals surface area contributed by atoms with Gasteiger partial charge in [0.25, 0.3) is 0 Å². The average Bonchev–Trinajstić information content (AvgIpc) is 3.30. The normalized spacial score (nSPS) is 18.2. The Balaban J connectivity index is 0.000000994. The number of carbonyl (C=O) groups excluding carboxylic acids is 1. The van der Waals surface area contributed by atoms with Crippen LogP contribution in [0, 0.1) is 0 Å². The van der Waals surface area contributed by atoms with Crippen LogP contribution >= 0.6 is 0 Å². The second kappa shape index (κ2) is 9.34. The van der Waals surface area contributed by atoms with Crippen molar-refractivity contribution in [3.8, 4) is 0 Å². The second-order valence-corrected chi connectivity index (χ2v) is 9.29. The molecular weight excluding hydrogens is 408 g/mol. The number of anilines is 2. The molecule has 1 aliphatic carbocycles. The van der Waals surface area contributed by atoms with Gasteiger partial charge in [-0.2, -0.15) is 0 Å². The van der Waals surface area contributed by atoms with Crippen LogP contribution in [0.5, 0.6) is 0 Å². The standard InChI is InChI=1S/C25H26N4O.C2H6.CH4/c1-24(2,3)29-22-20(10-7-11-26-22)25(23(29)30)13-18-12-19(16-28-21(18)14-25)27-15-17-8-5-4-6-9-17;1-2;/h4-12,16,27H,13-15H2,1-3H3;1-2H3;1H4. The van der Waals surface area contributed by atoms with Gasteiger partial charge in [0, 0.05) is 36.0 Å². The molecular formula is C28H36N4O. The van der Waals surface area contributed by atoms with Crippen molar-refractivity contribution >= 4 is 17.4 Å². The van der Waals surface area contributed by atoms with Crippen molar-refractivity contribution in [2.45, 2.75) is 72.4 Å². The van der Waals surface area contributed by atoms with Crippen LogP contribution < -0.4 is 10.2 Å². The highest BCUT2D eigenvalue weighted by Crippen LogP contribution is 2.50. The second-order valence-electron chi connectivity index (χ2n) is 9.29. The van der Waals surface area contributed by atoms with Crippen molar-refractivity contribution in [2.75, 3.05) is 10.2 Å². The highest BCUT2D eigenvalue weighted by Gasteiger charge is 2.57. The van der Waals surface area contributed by atoms with Crippen LogP contribution in [-0.4, -0.2) is 21.4 Å². The number of fused-ring (bicyclic) bond motifs is 3. The van der Waals surface area contributed by atoms with E-state index in [9.17, 15) is 4.79 Å². The molecule has 1 aromatic carbocycles. The summed E-state index contributed by atoms with van der Waals surface area (Å²) in [5, 5.41) is 3.46. The Labute approximate surface area is 198 Å². The lowest BCUT2D eigenvalue weighted by molar-refractivity contribution is -0.123. The molecule has 0 saturated heterocycles. The Morgan fingerprint density at radius 3 is 2.45 bits per heavy atom. The summed E-state index contributed by atoms with van der Waals surface area (Å²) in [6.45, 7) is 10.9. The van der Waals surface area contributed by atoms with E-state index in [0.29, 0.717) is 12.8 Å². The Morgan fingerprint density at radius 2 is 1.76 bits per heavy atom. The Hall–Kier alpha value is -3.21. The number of hydrogen-bond acceptors (Lipinski definition) is 4. The fourth-order valence-electron chi connectivity index (χ4n) is 4.76. The van der Waals surface area contributed by atoms with Crippen LogP contribution in [0.2, 0.25) is 0 Å². The first-order chi connectivity index (χ1) is 15.4. The van der Waals surface area contributed by atoms with Crippen molar-refractivity contribution in [3.05, 3.63) is 83.3 Å². The molecule has 5 heteroatoms. The molecule has 1 amide bonds. The zero-order chi connectivity index (χ0) is 22.9. The van der Waals surface area contributed by atoms with E-state index in [1.807, 2.05) is 49.2 Å². The maximum absolute atomic E-state index is 13.7. The van der Waals surface area contributed by atoms with E-state index in [0.717, 1.165) is 34.9 Å². The maximum Gasteiger partial charge on any atom is 0.240 e. The lowest BCUT2D eigenvalue weighted by Crippen LogP contribution is -2.49. The van der Waals surface area contributed by atoms with E-state index < -0.39 is 5.41 Å². The SMILES string of the molecule is C.CC.CC(C)(C)N1C(=O)C2(Cc3cc(NCc4ccccc4)cnc3C2)c2cccnc21. The molecule has 2 aromatic heterocycles. The number of pyridine rings is 2. The number of aromatic nitrogens is 2. The third-order valence-electron chi connectivity index (χ3n) is 6.16. The molecule has 1 atom stereocenters. The average molecular weight is 445 g/mol.